The number of ether oxygens (including phenoxy) is 1. The van der Waals surface area contributed by atoms with Crippen LogP contribution in [0.1, 0.15) is 59.4 Å². The number of carbonyl (C=O) groups is 1. The van der Waals surface area contributed by atoms with Crippen LogP contribution < -0.4 is 4.74 Å². The maximum absolute atomic E-state index is 11.7. The molecule has 1 fully saturated rings. The lowest BCUT2D eigenvalue weighted by atomic mass is 9.64. The Kier molecular flexibility index (Phi) is 3.95. The monoisotopic (exact) mass is 274 g/mol. The number of hydrogen-bond donors (Lipinski definition) is 0. The molecule has 2 nitrogen and oxygen atoms in total. The zero-order valence-electron chi connectivity index (χ0n) is 13.3. The van der Waals surface area contributed by atoms with Crippen molar-refractivity contribution in [3.63, 3.8) is 0 Å². The first-order valence-electron chi connectivity index (χ1n) is 7.64. The first-order valence-corrected chi connectivity index (χ1v) is 7.64. The van der Waals surface area contributed by atoms with Crippen molar-refractivity contribution in [2.24, 2.45) is 5.41 Å². The highest BCUT2D eigenvalue weighted by Crippen LogP contribution is 2.42. The number of Topliss-reactive ketones (excluding diaryl/α,β-unsaturated/α-hetero) is 1. The van der Waals surface area contributed by atoms with Gasteiger partial charge in [0.1, 0.15) is 17.6 Å². The fraction of sp³-hybridized carbons (Fsp3) is 0.611. The van der Waals surface area contributed by atoms with Crippen LogP contribution in [-0.4, -0.2) is 11.9 Å². The molecule has 110 valence electrons. The minimum Gasteiger partial charge on any atom is -0.489 e. The summed E-state index contributed by atoms with van der Waals surface area (Å²) in [4.78, 5) is 11.7. The van der Waals surface area contributed by atoms with Crippen LogP contribution in [-0.2, 0) is 10.2 Å². The minimum atomic E-state index is -0.290. The molecule has 1 aromatic carbocycles. The van der Waals surface area contributed by atoms with E-state index >= 15 is 0 Å². The maximum Gasteiger partial charge on any atom is 0.146 e. The van der Waals surface area contributed by atoms with Crippen molar-refractivity contribution in [3.8, 4) is 5.75 Å². The summed E-state index contributed by atoms with van der Waals surface area (Å²) in [7, 11) is 0. The predicted molar refractivity (Wildman–Crippen MR) is 82.2 cm³/mol. The Bertz CT molecular complexity index is 487. The molecule has 0 N–H and O–H groups in total. The van der Waals surface area contributed by atoms with E-state index in [1.54, 1.807) is 0 Å². The molecule has 0 spiro atoms. The molecule has 0 amide bonds. The third kappa shape index (κ3) is 2.48. The van der Waals surface area contributed by atoms with Crippen LogP contribution in [0.25, 0.3) is 0 Å². The van der Waals surface area contributed by atoms with E-state index in [1.165, 1.54) is 5.56 Å². The fourth-order valence-electron chi connectivity index (χ4n) is 2.62. The Morgan fingerprint density at radius 1 is 1.25 bits per heavy atom. The van der Waals surface area contributed by atoms with Gasteiger partial charge in [0.2, 0.25) is 0 Å². The summed E-state index contributed by atoms with van der Waals surface area (Å²) in [6.07, 6.45) is 2.53. The molecule has 2 atom stereocenters. The molecule has 2 rings (SSSR count). The molecule has 0 heterocycles. The number of rotatable bonds is 5. The number of carbonyl (C=O) groups excluding carboxylic acids is 1. The first-order chi connectivity index (χ1) is 9.33. The Hall–Kier alpha value is -1.31. The summed E-state index contributed by atoms with van der Waals surface area (Å²) in [6, 6.07) is 8.35. The number of benzene rings is 1. The second-order valence-corrected chi connectivity index (χ2v) is 6.77. The summed E-state index contributed by atoms with van der Waals surface area (Å²) in [5.74, 6) is 1.20. The van der Waals surface area contributed by atoms with Crippen molar-refractivity contribution in [1.82, 2.24) is 0 Å². The van der Waals surface area contributed by atoms with Gasteiger partial charge in [0.05, 0.1) is 5.41 Å². The maximum atomic E-state index is 11.7. The van der Waals surface area contributed by atoms with Crippen molar-refractivity contribution < 1.29 is 9.53 Å². The predicted octanol–water partition coefficient (Wildman–Crippen LogP) is 4.51. The summed E-state index contributed by atoms with van der Waals surface area (Å²) in [6.45, 7) is 10.8. The highest BCUT2D eigenvalue weighted by atomic mass is 16.5. The lowest BCUT2D eigenvalue weighted by Gasteiger charge is -2.44. The Morgan fingerprint density at radius 3 is 2.30 bits per heavy atom. The van der Waals surface area contributed by atoms with E-state index in [9.17, 15) is 4.79 Å². The third-order valence-electron chi connectivity index (χ3n) is 5.25. The van der Waals surface area contributed by atoms with Gasteiger partial charge < -0.3 is 4.74 Å². The van der Waals surface area contributed by atoms with Crippen LogP contribution in [0.4, 0.5) is 0 Å². The quantitative estimate of drug-likeness (QED) is 0.789. The molecule has 1 saturated carbocycles. The molecule has 2 heteroatoms. The first kappa shape index (κ1) is 15.1. The molecule has 1 aliphatic carbocycles. The second kappa shape index (κ2) is 5.23. The number of hydrogen-bond acceptors (Lipinski definition) is 2. The smallest absolute Gasteiger partial charge is 0.146 e. The van der Waals surface area contributed by atoms with Crippen molar-refractivity contribution in [2.45, 2.75) is 65.4 Å². The Balaban J connectivity index is 2.07. The van der Waals surface area contributed by atoms with E-state index in [2.05, 4.69) is 39.8 Å². The third-order valence-corrected chi connectivity index (χ3v) is 5.25. The van der Waals surface area contributed by atoms with Crippen LogP contribution in [0.2, 0.25) is 0 Å². The van der Waals surface area contributed by atoms with Gasteiger partial charge in [0.15, 0.2) is 0 Å². The highest BCUT2D eigenvalue weighted by Gasteiger charge is 2.51. The van der Waals surface area contributed by atoms with E-state index in [-0.39, 0.29) is 16.9 Å². The topological polar surface area (TPSA) is 26.3 Å². The lowest BCUT2D eigenvalue weighted by Crippen LogP contribution is -2.54. The fourth-order valence-corrected chi connectivity index (χ4v) is 2.62. The van der Waals surface area contributed by atoms with Crippen molar-refractivity contribution in [1.29, 1.82) is 0 Å². The van der Waals surface area contributed by atoms with Crippen LogP contribution in [0.5, 0.6) is 5.75 Å². The Labute approximate surface area is 122 Å². The molecular formula is C18H26O2. The van der Waals surface area contributed by atoms with Crippen LogP contribution in [0, 0.1) is 5.41 Å². The molecule has 0 aromatic heterocycles. The van der Waals surface area contributed by atoms with Gasteiger partial charge in [-0.2, -0.15) is 0 Å². The molecule has 0 radical (unpaired) electrons. The molecule has 0 bridgehead atoms. The van der Waals surface area contributed by atoms with Crippen LogP contribution >= 0.6 is 0 Å². The largest absolute Gasteiger partial charge is 0.489 e. The second-order valence-electron chi connectivity index (χ2n) is 6.77. The molecule has 1 aliphatic rings. The van der Waals surface area contributed by atoms with Crippen molar-refractivity contribution >= 4 is 5.78 Å². The SMILES string of the molecule is CCC(C)(C)c1ccc(OC2CC(=O)C2(C)CC)cc1. The van der Waals surface area contributed by atoms with Gasteiger partial charge in [-0.1, -0.05) is 39.8 Å². The summed E-state index contributed by atoms with van der Waals surface area (Å²) >= 11 is 0. The van der Waals surface area contributed by atoms with Gasteiger partial charge in [-0.15, -0.1) is 0 Å². The van der Waals surface area contributed by atoms with E-state index in [4.69, 9.17) is 4.74 Å². The van der Waals surface area contributed by atoms with Crippen molar-refractivity contribution in [3.05, 3.63) is 29.8 Å². The normalized spacial score (nSPS) is 26.2. The summed E-state index contributed by atoms with van der Waals surface area (Å²) in [5, 5.41) is 0. The molecular weight excluding hydrogens is 248 g/mol. The standard InChI is InChI=1S/C18H26O2/c1-6-17(3,4)13-8-10-14(11-9-13)20-16-12-15(19)18(16,5)7-2/h8-11,16H,6-7,12H2,1-5H3. The summed E-state index contributed by atoms with van der Waals surface area (Å²) in [5.41, 5.74) is 1.24. The van der Waals surface area contributed by atoms with E-state index in [1.807, 2.05) is 19.1 Å². The van der Waals surface area contributed by atoms with Crippen molar-refractivity contribution in [2.75, 3.05) is 0 Å². The van der Waals surface area contributed by atoms with Gasteiger partial charge >= 0.3 is 0 Å². The average Bonchev–Trinajstić information content (AvgIpc) is 2.46. The van der Waals surface area contributed by atoms with Gasteiger partial charge in [0.25, 0.3) is 0 Å². The highest BCUT2D eigenvalue weighted by molar-refractivity contribution is 5.92. The molecule has 20 heavy (non-hydrogen) atoms. The summed E-state index contributed by atoms with van der Waals surface area (Å²) < 4.78 is 6.01. The van der Waals surface area contributed by atoms with E-state index in [0.29, 0.717) is 12.2 Å². The van der Waals surface area contributed by atoms with Crippen LogP contribution in [0.15, 0.2) is 24.3 Å². The number of ketones is 1. The van der Waals surface area contributed by atoms with E-state index in [0.717, 1.165) is 18.6 Å². The van der Waals surface area contributed by atoms with Gasteiger partial charge in [-0.3, -0.25) is 4.79 Å². The Morgan fingerprint density at radius 2 is 1.85 bits per heavy atom. The average molecular weight is 274 g/mol. The zero-order valence-corrected chi connectivity index (χ0v) is 13.3. The van der Waals surface area contributed by atoms with Gasteiger partial charge in [-0.05, 0) is 42.9 Å². The minimum absolute atomic E-state index is 0.0324. The molecule has 0 saturated heterocycles. The van der Waals surface area contributed by atoms with Gasteiger partial charge in [-0.25, -0.2) is 0 Å². The van der Waals surface area contributed by atoms with E-state index < -0.39 is 0 Å². The molecule has 1 aromatic rings. The zero-order chi connectivity index (χ0) is 15.0. The van der Waals surface area contributed by atoms with Gasteiger partial charge in [0, 0.05) is 6.42 Å². The molecule has 2 unspecified atom stereocenters. The lowest BCUT2D eigenvalue weighted by molar-refractivity contribution is -0.150. The molecule has 0 aliphatic heterocycles. The van der Waals surface area contributed by atoms with Crippen LogP contribution in [0.3, 0.4) is 0 Å².